The molecule has 21 heavy (non-hydrogen) atoms. The van der Waals surface area contributed by atoms with Gasteiger partial charge in [0.2, 0.25) is 0 Å². The topological polar surface area (TPSA) is 87.7 Å². The van der Waals surface area contributed by atoms with Crippen LogP contribution in [0.4, 0.5) is 0 Å². The van der Waals surface area contributed by atoms with Gasteiger partial charge in [-0.05, 0) is 19.1 Å². The van der Waals surface area contributed by atoms with E-state index in [1.807, 2.05) is 31.2 Å². The zero-order valence-electron chi connectivity index (χ0n) is 11.9. The number of carbonyl (C=O) groups is 1. The van der Waals surface area contributed by atoms with E-state index >= 15 is 0 Å². The zero-order valence-corrected chi connectivity index (χ0v) is 11.9. The normalized spacial score (nSPS) is 11.2. The van der Waals surface area contributed by atoms with Crippen LogP contribution in [0.15, 0.2) is 47.6 Å². The lowest BCUT2D eigenvalue weighted by molar-refractivity contribution is 0.0960. The molecule has 0 saturated carbocycles. The highest BCUT2D eigenvalue weighted by molar-refractivity contribution is 6.15. The second-order valence-electron chi connectivity index (χ2n) is 4.62. The number of hydrogen-bond acceptors (Lipinski definition) is 4. The van der Waals surface area contributed by atoms with Gasteiger partial charge in [0.15, 0.2) is 0 Å². The molecular weight excluding hydrogens is 266 g/mol. The van der Waals surface area contributed by atoms with Gasteiger partial charge < -0.3 is 16.3 Å². The largest absolute Gasteiger partial charge is 0.506 e. The highest BCUT2D eigenvalue weighted by Crippen LogP contribution is 2.25. The van der Waals surface area contributed by atoms with Crippen molar-refractivity contribution < 1.29 is 9.90 Å². The SMILES string of the molecule is CNC(=O)c1cccc(C(=NN)c2ccc(C)cc2)c1O. The maximum absolute atomic E-state index is 11.7. The maximum Gasteiger partial charge on any atom is 0.254 e. The molecule has 1 amide bonds. The molecule has 4 N–H and O–H groups in total. The lowest BCUT2D eigenvalue weighted by Crippen LogP contribution is -2.19. The lowest BCUT2D eigenvalue weighted by atomic mass is 9.98. The first kappa shape index (κ1) is 14.6. The number of para-hydroxylation sites is 1. The van der Waals surface area contributed by atoms with E-state index in [1.54, 1.807) is 18.2 Å². The van der Waals surface area contributed by atoms with E-state index in [4.69, 9.17) is 5.84 Å². The van der Waals surface area contributed by atoms with Gasteiger partial charge >= 0.3 is 0 Å². The fraction of sp³-hybridized carbons (Fsp3) is 0.125. The zero-order chi connectivity index (χ0) is 15.4. The number of amides is 1. The number of phenols is 1. The molecule has 0 spiro atoms. The highest BCUT2D eigenvalue weighted by Gasteiger charge is 2.17. The van der Waals surface area contributed by atoms with Crippen LogP contribution < -0.4 is 11.2 Å². The Balaban J connectivity index is 2.54. The van der Waals surface area contributed by atoms with Crippen molar-refractivity contribution in [1.29, 1.82) is 0 Å². The van der Waals surface area contributed by atoms with Crippen LogP contribution in [0.3, 0.4) is 0 Å². The quantitative estimate of drug-likeness (QED) is 0.456. The van der Waals surface area contributed by atoms with Gasteiger partial charge in [0.1, 0.15) is 11.5 Å². The summed E-state index contributed by atoms with van der Waals surface area (Å²) in [5.74, 6) is 4.98. The number of nitrogens with two attached hydrogens (primary N) is 1. The van der Waals surface area contributed by atoms with Crippen molar-refractivity contribution in [2.75, 3.05) is 7.05 Å². The first-order valence-electron chi connectivity index (χ1n) is 6.47. The Morgan fingerprint density at radius 1 is 1.14 bits per heavy atom. The van der Waals surface area contributed by atoms with E-state index in [2.05, 4.69) is 10.4 Å². The summed E-state index contributed by atoms with van der Waals surface area (Å²) >= 11 is 0. The first-order valence-corrected chi connectivity index (χ1v) is 6.47. The van der Waals surface area contributed by atoms with E-state index in [-0.39, 0.29) is 17.2 Å². The highest BCUT2D eigenvalue weighted by atomic mass is 16.3. The predicted molar refractivity (Wildman–Crippen MR) is 82.5 cm³/mol. The molecule has 0 aliphatic carbocycles. The second kappa shape index (κ2) is 6.09. The maximum atomic E-state index is 11.7. The number of hydrogen-bond donors (Lipinski definition) is 3. The lowest BCUT2D eigenvalue weighted by Gasteiger charge is -2.11. The number of rotatable bonds is 3. The van der Waals surface area contributed by atoms with Gasteiger partial charge in [-0.3, -0.25) is 4.79 Å². The summed E-state index contributed by atoms with van der Waals surface area (Å²) in [6.07, 6.45) is 0. The molecule has 2 aromatic carbocycles. The minimum absolute atomic E-state index is 0.137. The molecule has 0 aliphatic rings. The van der Waals surface area contributed by atoms with E-state index in [0.717, 1.165) is 11.1 Å². The molecule has 5 heteroatoms. The molecule has 2 aromatic rings. The summed E-state index contributed by atoms with van der Waals surface area (Å²) in [6, 6.07) is 12.5. The van der Waals surface area contributed by atoms with E-state index < -0.39 is 0 Å². The molecule has 5 nitrogen and oxygen atoms in total. The summed E-state index contributed by atoms with van der Waals surface area (Å²) in [7, 11) is 1.51. The molecule has 0 atom stereocenters. The summed E-state index contributed by atoms with van der Waals surface area (Å²) in [6.45, 7) is 1.98. The minimum atomic E-state index is -0.366. The van der Waals surface area contributed by atoms with Crippen LogP contribution in [-0.4, -0.2) is 23.8 Å². The molecule has 2 rings (SSSR count). The smallest absolute Gasteiger partial charge is 0.254 e. The van der Waals surface area contributed by atoms with Crippen LogP contribution in [0.1, 0.15) is 27.0 Å². The summed E-state index contributed by atoms with van der Waals surface area (Å²) < 4.78 is 0. The van der Waals surface area contributed by atoms with Gasteiger partial charge in [-0.1, -0.05) is 35.9 Å². The van der Waals surface area contributed by atoms with Crippen LogP contribution in [0.2, 0.25) is 0 Å². The Hall–Kier alpha value is -2.82. The van der Waals surface area contributed by atoms with Crippen molar-refractivity contribution in [3.63, 3.8) is 0 Å². The minimum Gasteiger partial charge on any atom is -0.506 e. The van der Waals surface area contributed by atoms with Gasteiger partial charge in [0.05, 0.1) is 5.56 Å². The van der Waals surface area contributed by atoms with Crippen LogP contribution in [0.5, 0.6) is 5.75 Å². The van der Waals surface area contributed by atoms with E-state index in [1.165, 1.54) is 7.05 Å². The van der Waals surface area contributed by atoms with Crippen molar-refractivity contribution in [1.82, 2.24) is 5.32 Å². The van der Waals surface area contributed by atoms with Gasteiger partial charge in [-0.15, -0.1) is 0 Å². The van der Waals surface area contributed by atoms with Crippen molar-refractivity contribution in [3.8, 4) is 5.75 Å². The second-order valence-corrected chi connectivity index (χ2v) is 4.62. The molecule has 108 valence electrons. The van der Waals surface area contributed by atoms with Gasteiger partial charge in [-0.2, -0.15) is 5.10 Å². The number of aromatic hydroxyl groups is 1. The van der Waals surface area contributed by atoms with Crippen molar-refractivity contribution in [2.45, 2.75) is 6.92 Å². The number of nitrogens with one attached hydrogen (secondary N) is 1. The molecule has 0 heterocycles. The van der Waals surface area contributed by atoms with Crippen molar-refractivity contribution >= 4 is 11.6 Å². The van der Waals surface area contributed by atoms with Gasteiger partial charge in [-0.25, -0.2) is 0 Å². The Morgan fingerprint density at radius 3 is 2.33 bits per heavy atom. The molecule has 0 aromatic heterocycles. The standard InChI is InChI=1S/C16H17N3O2/c1-10-6-8-11(9-7-10)14(19-17)12-4-3-5-13(15(12)20)16(21)18-2/h3-9,20H,17H2,1-2H3,(H,18,21). The van der Waals surface area contributed by atoms with Gasteiger partial charge in [0.25, 0.3) is 5.91 Å². The molecule has 0 aliphatic heterocycles. The third-order valence-electron chi connectivity index (χ3n) is 3.22. The number of carbonyl (C=O) groups excluding carboxylic acids is 1. The molecule has 0 bridgehead atoms. The third kappa shape index (κ3) is 2.86. The first-order chi connectivity index (χ1) is 10.1. The Labute approximate surface area is 123 Å². The average Bonchev–Trinajstić information content (AvgIpc) is 2.50. The Kier molecular flexibility index (Phi) is 4.23. The number of phenolic OH excluding ortho intramolecular Hbond substituents is 1. The van der Waals surface area contributed by atoms with E-state index in [9.17, 15) is 9.90 Å². The van der Waals surface area contributed by atoms with Crippen LogP contribution in [0, 0.1) is 6.92 Å². The predicted octanol–water partition coefficient (Wildman–Crippen LogP) is 1.77. The molecule has 0 radical (unpaired) electrons. The van der Waals surface area contributed by atoms with Gasteiger partial charge in [0, 0.05) is 18.2 Å². The summed E-state index contributed by atoms with van der Waals surface area (Å²) in [4.78, 5) is 11.7. The van der Waals surface area contributed by atoms with Crippen LogP contribution in [-0.2, 0) is 0 Å². The number of hydrazone groups is 1. The Morgan fingerprint density at radius 2 is 1.76 bits per heavy atom. The summed E-state index contributed by atoms with van der Waals surface area (Å²) in [5, 5.41) is 16.6. The van der Waals surface area contributed by atoms with Crippen LogP contribution in [0.25, 0.3) is 0 Å². The number of benzene rings is 2. The van der Waals surface area contributed by atoms with Crippen molar-refractivity contribution in [3.05, 3.63) is 64.7 Å². The summed E-state index contributed by atoms with van der Waals surface area (Å²) in [5.41, 5.74) is 2.91. The monoisotopic (exact) mass is 283 g/mol. The van der Waals surface area contributed by atoms with E-state index in [0.29, 0.717) is 11.3 Å². The molecule has 0 saturated heterocycles. The fourth-order valence-electron chi connectivity index (χ4n) is 2.06. The Bertz CT molecular complexity index is 691. The molecule has 0 unspecified atom stereocenters. The number of aryl methyl sites for hydroxylation is 1. The van der Waals surface area contributed by atoms with Crippen LogP contribution >= 0.6 is 0 Å². The molecular formula is C16H17N3O2. The van der Waals surface area contributed by atoms with Crippen molar-refractivity contribution in [2.24, 2.45) is 10.9 Å². The third-order valence-corrected chi connectivity index (χ3v) is 3.22. The average molecular weight is 283 g/mol. The fourth-order valence-corrected chi connectivity index (χ4v) is 2.06. The molecule has 0 fully saturated rings. The number of nitrogens with zero attached hydrogens (tertiary/aromatic N) is 1.